The van der Waals surface area contributed by atoms with E-state index in [4.69, 9.17) is 0 Å². The summed E-state index contributed by atoms with van der Waals surface area (Å²) in [4.78, 5) is 0. The minimum atomic E-state index is -0.0385. The van der Waals surface area contributed by atoms with E-state index in [2.05, 4.69) is 279 Å². The number of hydrogen-bond acceptors (Lipinski definition) is 0. The van der Waals surface area contributed by atoms with Gasteiger partial charge in [-0.05, 0) is 91.0 Å². The van der Waals surface area contributed by atoms with Crippen LogP contribution in [0.25, 0.3) is 110 Å². The quantitative estimate of drug-likeness (QED) is 0.142. The Hall–Kier alpha value is -9.32. The third kappa shape index (κ3) is 5.87. The summed E-state index contributed by atoms with van der Waals surface area (Å²) >= 11 is 0. The average Bonchev–Trinajstić information content (AvgIpc) is 4.17. The Kier molecular flexibility index (Phi) is 8.72. The van der Waals surface area contributed by atoms with Crippen LogP contribution in [-0.2, 0) is 0 Å². The molecule has 4 aromatic heterocycles. The van der Waals surface area contributed by atoms with Gasteiger partial charge in [0, 0.05) is 65.8 Å². The lowest BCUT2D eigenvalue weighted by Gasteiger charge is -2.20. The lowest BCUT2D eigenvalue weighted by molar-refractivity contribution is 1.14. The summed E-state index contributed by atoms with van der Waals surface area (Å²) < 4.78 is 9.90. The van der Waals surface area contributed by atoms with Gasteiger partial charge in [0.2, 0.25) is 6.71 Å². The maximum Gasteiger partial charge on any atom is 0.241 e. The first kappa shape index (κ1) is 39.7. The smallest absolute Gasteiger partial charge is 0.241 e. The molecule has 0 aliphatic rings. The fraction of sp³-hybridized carbons (Fsp3) is 0. The van der Waals surface area contributed by atoms with Crippen LogP contribution in [0.2, 0.25) is 0 Å². The second kappa shape index (κ2) is 15.6. The Morgan fingerprint density at radius 1 is 0.197 bits per heavy atom. The van der Waals surface area contributed by atoms with E-state index < -0.39 is 0 Å². The van der Waals surface area contributed by atoms with Crippen molar-refractivity contribution in [3.63, 3.8) is 0 Å². The Morgan fingerprint density at radius 2 is 0.465 bits per heavy atom. The molecule has 0 aliphatic heterocycles. The monoisotopic (exact) mass is 902 g/mol. The molecule has 0 aliphatic carbocycles. The molecule has 0 saturated carbocycles. The van der Waals surface area contributed by atoms with E-state index in [9.17, 15) is 0 Å². The summed E-state index contributed by atoms with van der Waals surface area (Å²) in [6.07, 6.45) is 0. The summed E-state index contributed by atoms with van der Waals surface area (Å²) in [5.41, 5.74) is 17.7. The van der Waals surface area contributed by atoms with Crippen molar-refractivity contribution >= 4 is 110 Å². The predicted octanol–water partition coefficient (Wildman–Crippen LogP) is 14.6. The SMILES string of the molecule is c1ccc(B(c2ccccc2)c2cc(-n3c4ccccc4c4c5c6ccccc6n(-c6ccccc6)c5ccc43)cc(-n3c4ccccc4c4c5c6ccccc6n(-c6ccccc6)c5ccc43)c2)cc1. The first-order valence-electron chi connectivity index (χ1n) is 24.6. The highest BCUT2D eigenvalue weighted by molar-refractivity contribution is 6.95. The van der Waals surface area contributed by atoms with Gasteiger partial charge in [0.05, 0.1) is 44.1 Å². The third-order valence-electron chi connectivity index (χ3n) is 15.0. The lowest BCUT2D eigenvalue weighted by Crippen LogP contribution is -2.52. The standard InChI is InChI=1S/C66H43BN4/c1-5-21-44(22-6-1)67(45-23-7-2-8-24-45)46-41-49(70-57-35-19-15-31-53(57)65-61(70)39-37-59-63(65)51-29-13-17-33-55(51)68(59)47-25-9-3-10-26-47)43-50(42-46)71-58-36-20-16-32-54(58)66-62(71)40-38-60-64(66)52-30-14-18-34-56(52)69(60)48-27-11-4-12-28-48/h1-43H. The summed E-state index contributed by atoms with van der Waals surface area (Å²) in [6, 6.07) is 96.1. The molecule has 15 rings (SSSR count). The van der Waals surface area contributed by atoms with E-state index in [1.54, 1.807) is 0 Å². The fourth-order valence-electron chi connectivity index (χ4n) is 12.2. The molecule has 4 heterocycles. The van der Waals surface area contributed by atoms with Gasteiger partial charge in [-0.2, -0.15) is 0 Å². The molecular weight excluding hydrogens is 860 g/mol. The van der Waals surface area contributed by atoms with Crippen molar-refractivity contribution in [2.24, 2.45) is 0 Å². The molecule has 5 heteroatoms. The number of aromatic nitrogens is 4. The summed E-state index contributed by atoms with van der Waals surface area (Å²) in [5, 5.41) is 9.99. The van der Waals surface area contributed by atoms with Crippen molar-refractivity contribution in [1.82, 2.24) is 18.3 Å². The lowest BCUT2D eigenvalue weighted by atomic mass is 9.37. The number of fused-ring (bicyclic) bond motifs is 14. The molecule has 0 unspecified atom stereocenters. The zero-order valence-electron chi connectivity index (χ0n) is 38.7. The van der Waals surface area contributed by atoms with Crippen LogP contribution in [0.3, 0.4) is 0 Å². The second-order valence-corrected chi connectivity index (χ2v) is 18.8. The van der Waals surface area contributed by atoms with Crippen molar-refractivity contribution in [3.8, 4) is 22.7 Å². The van der Waals surface area contributed by atoms with Crippen LogP contribution in [0.5, 0.6) is 0 Å². The van der Waals surface area contributed by atoms with Gasteiger partial charge in [-0.1, -0.05) is 186 Å². The Labute approximate surface area is 410 Å². The van der Waals surface area contributed by atoms with Gasteiger partial charge in [0.25, 0.3) is 0 Å². The zero-order chi connectivity index (χ0) is 46.6. The minimum absolute atomic E-state index is 0.0385. The maximum atomic E-state index is 2.53. The summed E-state index contributed by atoms with van der Waals surface area (Å²) in [6.45, 7) is -0.0385. The molecule has 0 radical (unpaired) electrons. The largest absolute Gasteiger partial charge is 0.309 e. The van der Waals surface area contributed by atoms with Crippen LogP contribution in [0.4, 0.5) is 0 Å². The van der Waals surface area contributed by atoms with Gasteiger partial charge >= 0.3 is 0 Å². The van der Waals surface area contributed by atoms with Crippen LogP contribution in [0.15, 0.2) is 261 Å². The highest BCUT2D eigenvalue weighted by atomic mass is 15.0. The van der Waals surface area contributed by atoms with E-state index in [-0.39, 0.29) is 6.71 Å². The van der Waals surface area contributed by atoms with E-state index >= 15 is 0 Å². The topological polar surface area (TPSA) is 19.7 Å². The van der Waals surface area contributed by atoms with Gasteiger partial charge < -0.3 is 18.3 Å². The molecule has 0 bridgehead atoms. The van der Waals surface area contributed by atoms with Gasteiger partial charge in [-0.25, -0.2) is 0 Å². The average molecular weight is 903 g/mol. The predicted molar refractivity (Wildman–Crippen MR) is 301 cm³/mol. The normalized spacial score (nSPS) is 11.9. The van der Waals surface area contributed by atoms with E-state index in [1.807, 2.05) is 0 Å². The summed E-state index contributed by atoms with van der Waals surface area (Å²) in [7, 11) is 0. The first-order chi connectivity index (χ1) is 35.3. The minimum Gasteiger partial charge on any atom is -0.309 e. The molecule has 0 amide bonds. The second-order valence-electron chi connectivity index (χ2n) is 18.8. The molecule has 0 fully saturated rings. The maximum absolute atomic E-state index is 2.53. The van der Waals surface area contributed by atoms with Crippen molar-refractivity contribution < 1.29 is 0 Å². The van der Waals surface area contributed by atoms with Gasteiger partial charge in [-0.15, -0.1) is 0 Å². The van der Waals surface area contributed by atoms with Crippen molar-refractivity contribution in [1.29, 1.82) is 0 Å². The fourth-order valence-corrected chi connectivity index (χ4v) is 12.2. The van der Waals surface area contributed by atoms with Crippen LogP contribution in [0, 0.1) is 0 Å². The third-order valence-corrected chi connectivity index (χ3v) is 15.0. The zero-order valence-corrected chi connectivity index (χ0v) is 38.7. The molecule has 0 atom stereocenters. The molecule has 0 N–H and O–H groups in total. The number of benzene rings is 11. The highest BCUT2D eigenvalue weighted by Gasteiger charge is 2.27. The van der Waals surface area contributed by atoms with Gasteiger partial charge in [0.1, 0.15) is 0 Å². The first-order valence-corrected chi connectivity index (χ1v) is 24.6. The van der Waals surface area contributed by atoms with E-state index in [1.165, 1.54) is 104 Å². The molecule has 4 nitrogen and oxygen atoms in total. The Bertz CT molecular complexity index is 4270. The van der Waals surface area contributed by atoms with Crippen LogP contribution in [-0.4, -0.2) is 25.0 Å². The van der Waals surface area contributed by atoms with Gasteiger partial charge in [0.15, 0.2) is 0 Å². The van der Waals surface area contributed by atoms with E-state index in [0.717, 1.165) is 22.7 Å². The highest BCUT2D eigenvalue weighted by Crippen LogP contribution is 2.45. The Balaban J connectivity index is 1.07. The van der Waals surface area contributed by atoms with Crippen LogP contribution < -0.4 is 16.4 Å². The van der Waals surface area contributed by atoms with Crippen LogP contribution in [0.1, 0.15) is 0 Å². The molecule has 71 heavy (non-hydrogen) atoms. The van der Waals surface area contributed by atoms with Gasteiger partial charge in [-0.3, -0.25) is 0 Å². The molecule has 15 aromatic rings. The molecular formula is C66H43BN4. The Morgan fingerprint density at radius 3 is 0.789 bits per heavy atom. The van der Waals surface area contributed by atoms with E-state index in [0.29, 0.717) is 0 Å². The van der Waals surface area contributed by atoms with Crippen molar-refractivity contribution in [2.45, 2.75) is 0 Å². The van der Waals surface area contributed by atoms with Crippen molar-refractivity contribution in [3.05, 3.63) is 261 Å². The molecule has 0 saturated heterocycles. The molecule has 330 valence electrons. The number of nitrogens with zero attached hydrogens (tertiary/aromatic N) is 4. The number of hydrogen-bond donors (Lipinski definition) is 0. The number of rotatable bonds is 7. The summed E-state index contributed by atoms with van der Waals surface area (Å²) in [5.74, 6) is 0. The van der Waals surface area contributed by atoms with Crippen molar-refractivity contribution in [2.75, 3.05) is 0 Å². The molecule has 11 aromatic carbocycles. The van der Waals surface area contributed by atoms with Crippen LogP contribution >= 0.6 is 0 Å². The molecule has 0 spiro atoms. The number of para-hydroxylation sites is 6.